The first-order valence-corrected chi connectivity index (χ1v) is 7.50. The minimum atomic E-state index is -0.0362. The minimum Gasteiger partial charge on any atom is -0.496 e. The molecule has 120 valence electrons. The molecule has 0 saturated heterocycles. The zero-order valence-corrected chi connectivity index (χ0v) is 14.1. The van der Waals surface area contributed by atoms with Gasteiger partial charge in [0.1, 0.15) is 5.75 Å². The van der Waals surface area contributed by atoms with Gasteiger partial charge >= 0.3 is 0 Å². The molecular weight excluding hydrogens is 288 g/mol. The Kier molecular flexibility index (Phi) is 5.72. The van der Waals surface area contributed by atoms with E-state index in [9.17, 15) is 4.79 Å². The summed E-state index contributed by atoms with van der Waals surface area (Å²) < 4.78 is 10.4. The average molecular weight is 310 g/mol. The smallest absolute Gasteiger partial charge is 0.185 e. The van der Waals surface area contributed by atoms with Crippen LogP contribution in [0.4, 0.5) is 0 Å². The lowest BCUT2D eigenvalue weighted by molar-refractivity contribution is 0.104. The van der Waals surface area contributed by atoms with E-state index < -0.39 is 0 Å². The molecule has 3 heteroatoms. The standard InChI is InChI=1S/C20H22O3/c1-14-5-6-15(2)16(11-14)7-9-19(21)17-8-10-20(23-4)18(12-17)13-22-3/h5-12H,13H2,1-4H3/b9-7+. The molecule has 0 spiro atoms. The van der Waals surface area contributed by atoms with Gasteiger partial charge in [-0.25, -0.2) is 0 Å². The highest BCUT2D eigenvalue weighted by molar-refractivity contribution is 6.07. The fraction of sp³-hybridized carbons (Fsp3) is 0.250. The number of methoxy groups -OCH3 is 2. The van der Waals surface area contributed by atoms with Gasteiger partial charge in [0.15, 0.2) is 5.78 Å². The molecule has 0 N–H and O–H groups in total. The lowest BCUT2D eigenvalue weighted by Crippen LogP contribution is -2.00. The van der Waals surface area contributed by atoms with Gasteiger partial charge in [0.25, 0.3) is 0 Å². The fourth-order valence-corrected chi connectivity index (χ4v) is 2.40. The molecule has 0 bridgehead atoms. The number of aryl methyl sites for hydroxylation is 2. The predicted molar refractivity (Wildman–Crippen MR) is 93.0 cm³/mol. The van der Waals surface area contributed by atoms with E-state index in [4.69, 9.17) is 9.47 Å². The van der Waals surface area contributed by atoms with E-state index in [-0.39, 0.29) is 5.78 Å². The van der Waals surface area contributed by atoms with Gasteiger partial charge in [0.05, 0.1) is 13.7 Å². The molecule has 2 aromatic carbocycles. The van der Waals surface area contributed by atoms with Gasteiger partial charge in [-0.3, -0.25) is 4.79 Å². The number of hydrogen-bond acceptors (Lipinski definition) is 3. The fourth-order valence-electron chi connectivity index (χ4n) is 2.40. The first-order valence-electron chi connectivity index (χ1n) is 7.50. The lowest BCUT2D eigenvalue weighted by Gasteiger charge is -2.09. The Morgan fingerprint density at radius 3 is 2.57 bits per heavy atom. The van der Waals surface area contributed by atoms with Crippen LogP contribution in [0.2, 0.25) is 0 Å². The Labute approximate surface area is 137 Å². The first kappa shape index (κ1) is 17.0. The number of ketones is 1. The molecule has 0 atom stereocenters. The van der Waals surface area contributed by atoms with Crippen LogP contribution in [-0.4, -0.2) is 20.0 Å². The predicted octanol–water partition coefficient (Wildman–Crippen LogP) is 4.35. The maximum absolute atomic E-state index is 12.4. The van der Waals surface area contributed by atoms with Crippen LogP contribution in [-0.2, 0) is 11.3 Å². The van der Waals surface area contributed by atoms with Crippen molar-refractivity contribution in [3.8, 4) is 5.75 Å². The number of carbonyl (C=O) groups excluding carboxylic acids is 1. The summed E-state index contributed by atoms with van der Waals surface area (Å²) in [6.45, 7) is 4.48. The number of ether oxygens (including phenoxy) is 2. The van der Waals surface area contributed by atoms with Crippen LogP contribution >= 0.6 is 0 Å². The van der Waals surface area contributed by atoms with Crippen LogP contribution < -0.4 is 4.74 Å². The third-order valence-corrected chi connectivity index (χ3v) is 3.71. The molecule has 2 rings (SSSR count). The van der Waals surface area contributed by atoms with E-state index >= 15 is 0 Å². The summed E-state index contributed by atoms with van der Waals surface area (Å²) in [5, 5.41) is 0. The average Bonchev–Trinajstić information content (AvgIpc) is 2.55. The topological polar surface area (TPSA) is 35.5 Å². The molecule has 0 heterocycles. The van der Waals surface area contributed by atoms with E-state index in [1.54, 1.807) is 32.4 Å². The summed E-state index contributed by atoms with van der Waals surface area (Å²) in [4.78, 5) is 12.4. The quantitative estimate of drug-likeness (QED) is 0.587. The van der Waals surface area contributed by atoms with Gasteiger partial charge in [-0.15, -0.1) is 0 Å². The molecule has 23 heavy (non-hydrogen) atoms. The zero-order valence-electron chi connectivity index (χ0n) is 14.1. The van der Waals surface area contributed by atoms with E-state index in [1.807, 2.05) is 26.0 Å². The Balaban J connectivity index is 2.25. The molecule has 0 saturated carbocycles. The molecule has 0 radical (unpaired) electrons. The minimum absolute atomic E-state index is 0.0362. The van der Waals surface area contributed by atoms with Crippen LogP contribution in [0.5, 0.6) is 5.75 Å². The van der Waals surface area contributed by atoms with Crippen LogP contribution in [0, 0.1) is 13.8 Å². The van der Waals surface area contributed by atoms with Crippen LogP contribution in [0.15, 0.2) is 42.5 Å². The monoisotopic (exact) mass is 310 g/mol. The van der Waals surface area contributed by atoms with Crippen molar-refractivity contribution in [1.29, 1.82) is 0 Å². The van der Waals surface area contributed by atoms with Gasteiger partial charge in [0, 0.05) is 18.2 Å². The SMILES string of the molecule is COCc1cc(C(=O)/C=C/c2cc(C)ccc2C)ccc1OC. The summed E-state index contributed by atoms with van der Waals surface area (Å²) in [6.07, 6.45) is 3.48. The van der Waals surface area contributed by atoms with Gasteiger partial charge in [-0.2, -0.15) is 0 Å². The second kappa shape index (κ2) is 7.75. The Bertz CT molecular complexity index is 730. The molecule has 0 aliphatic rings. The molecular formula is C20H22O3. The molecule has 0 aliphatic carbocycles. The number of allylic oxidation sites excluding steroid dienone is 1. The van der Waals surface area contributed by atoms with E-state index in [2.05, 4.69) is 18.2 Å². The second-order valence-electron chi connectivity index (χ2n) is 5.52. The molecule has 0 aliphatic heterocycles. The van der Waals surface area contributed by atoms with Crippen molar-refractivity contribution in [2.45, 2.75) is 20.5 Å². The van der Waals surface area contributed by atoms with E-state index in [0.717, 1.165) is 22.4 Å². The Morgan fingerprint density at radius 2 is 1.87 bits per heavy atom. The molecule has 2 aromatic rings. The van der Waals surface area contributed by atoms with Crippen LogP contribution in [0.3, 0.4) is 0 Å². The summed E-state index contributed by atoms with van der Waals surface area (Å²) in [7, 11) is 3.23. The summed E-state index contributed by atoms with van der Waals surface area (Å²) in [6, 6.07) is 11.6. The second-order valence-corrected chi connectivity index (χ2v) is 5.52. The third-order valence-electron chi connectivity index (χ3n) is 3.71. The molecule has 3 nitrogen and oxygen atoms in total. The molecule has 0 unspecified atom stereocenters. The highest BCUT2D eigenvalue weighted by Gasteiger charge is 2.08. The summed E-state index contributed by atoms with van der Waals surface area (Å²) in [5.41, 5.74) is 4.87. The molecule has 0 amide bonds. The number of rotatable bonds is 6. The maximum atomic E-state index is 12.4. The van der Waals surface area contributed by atoms with Crippen LogP contribution in [0.1, 0.15) is 32.6 Å². The van der Waals surface area contributed by atoms with Crippen molar-refractivity contribution in [3.05, 3.63) is 70.3 Å². The molecule has 0 aromatic heterocycles. The molecule has 0 fully saturated rings. The Hall–Kier alpha value is -2.39. The lowest BCUT2D eigenvalue weighted by atomic mass is 10.0. The summed E-state index contributed by atoms with van der Waals surface area (Å²) in [5.74, 6) is 0.688. The number of benzene rings is 2. The number of carbonyl (C=O) groups is 1. The van der Waals surface area contributed by atoms with Crippen molar-refractivity contribution in [2.24, 2.45) is 0 Å². The van der Waals surface area contributed by atoms with Gasteiger partial charge < -0.3 is 9.47 Å². The zero-order chi connectivity index (χ0) is 16.8. The van der Waals surface area contributed by atoms with Crippen LogP contribution in [0.25, 0.3) is 6.08 Å². The van der Waals surface area contributed by atoms with Gasteiger partial charge in [0.2, 0.25) is 0 Å². The highest BCUT2D eigenvalue weighted by Crippen LogP contribution is 2.21. The van der Waals surface area contributed by atoms with E-state index in [0.29, 0.717) is 12.2 Å². The largest absolute Gasteiger partial charge is 0.496 e. The highest BCUT2D eigenvalue weighted by atomic mass is 16.5. The van der Waals surface area contributed by atoms with Crippen molar-refractivity contribution < 1.29 is 14.3 Å². The van der Waals surface area contributed by atoms with Gasteiger partial charge in [-0.1, -0.05) is 29.8 Å². The Morgan fingerprint density at radius 1 is 1.09 bits per heavy atom. The maximum Gasteiger partial charge on any atom is 0.185 e. The van der Waals surface area contributed by atoms with Gasteiger partial charge in [-0.05, 0) is 49.2 Å². The van der Waals surface area contributed by atoms with Crippen molar-refractivity contribution in [2.75, 3.05) is 14.2 Å². The first-order chi connectivity index (χ1) is 11.0. The van der Waals surface area contributed by atoms with Crippen molar-refractivity contribution >= 4 is 11.9 Å². The van der Waals surface area contributed by atoms with Crippen molar-refractivity contribution in [3.63, 3.8) is 0 Å². The van der Waals surface area contributed by atoms with E-state index in [1.165, 1.54) is 5.56 Å². The van der Waals surface area contributed by atoms with Crippen molar-refractivity contribution in [1.82, 2.24) is 0 Å². The summed E-state index contributed by atoms with van der Waals surface area (Å²) >= 11 is 0. The normalized spacial score (nSPS) is 11.0. The third kappa shape index (κ3) is 4.30. The number of hydrogen-bond donors (Lipinski definition) is 0.